The first-order valence-electron chi connectivity index (χ1n) is 4.48. The van der Waals surface area contributed by atoms with Gasteiger partial charge in [0.25, 0.3) is 0 Å². The summed E-state index contributed by atoms with van der Waals surface area (Å²) in [6.07, 6.45) is 1.19. The first-order valence-corrected chi connectivity index (χ1v) is 4.48. The summed E-state index contributed by atoms with van der Waals surface area (Å²) >= 11 is 0. The van der Waals surface area contributed by atoms with E-state index in [0.29, 0.717) is 5.92 Å². The summed E-state index contributed by atoms with van der Waals surface area (Å²) in [4.78, 5) is 0. The average Bonchev–Trinajstić information content (AvgIpc) is 2.08. The average molecular weight is 161 g/mol. The van der Waals surface area contributed by atoms with Gasteiger partial charge in [0.15, 0.2) is 0 Å². The van der Waals surface area contributed by atoms with Crippen LogP contribution in [0.25, 0.3) is 0 Å². The summed E-state index contributed by atoms with van der Waals surface area (Å²) in [5, 5.41) is 3.12. The Bertz CT molecular complexity index is 51.5. The third-order valence-electron chi connectivity index (χ3n) is 1.47. The number of methoxy groups -OCH3 is 1. The largest absolute Gasteiger partial charge is 0.384 e. The van der Waals surface area contributed by atoms with Crippen molar-refractivity contribution < 1.29 is 4.74 Å². The van der Waals surface area contributed by atoms with Crippen LogP contribution in [-0.2, 0) is 4.74 Å². The molecule has 0 saturated heterocycles. The molecule has 1 N–H and O–H groups in total. The number of rotatable bonds is 5. The van der Waals surface area contributed by atoms with E-state index in [9.17, 15) is 0 Å². The Morgan fingerprint density at radius 3 is 2.18 bits per heavy atom. The highest BCUT2D eigenvalue weighted by Crippen LogP contribution is 1.99. The molecule has 0 aliphatic carbocycles. The van der Waals surface area contributed by atoms with Crippen LogP contribution in [0.4, 0.5) is 0 Å². The molecule has 0 rings (SSSR count). The van der Waals surface area contributed by atoms with Crippen LogP contribution in [0.3, 0.4) is 0 Å². The first-order chi connectivity index (χ1) is 5.35. The van der Waals surface area contributed by atoms with E-state index in [4.69, 9.17) is 4.74 Å². The second-order valence-electron chi connectivity index (χ2n) is 2.29. The van der Waals surface area contributed by atoms with Gasteiger partial charge in [0, 0.05) is 7.11 Å². The van der Waals surface area contributed by atoms with Gasteiger partial charge in [-0.15, -0.1) is 0 Å². The topological polar surface area (TPSA) is 21.3 Å². The van der Waals surface area contributed by atoms with E-state index in [1.807, 2.05) is 20.9 Å². The Hall–Kier alpha value is -0.0800. The Kier molecular flexibility index (Phi) is 15.4. The van der Waals surface area contributed by atoms with Gasteiger partial charge in [-0.1, -0.05) is 20.8 Å². The van der Waals surface area contributed by atoms with Crippen molar-refractivity contribution in [3.05, 3.63) is 0 Å². The molecule has 0 radical (unpaired) electrons. The Morgan fingerprint density at radius 2 is 1.91 bits per heavy atom. The van der Waals surface area contributed by atoms with Crippen molar-refractivity contribution in [1.29, 1.82) is 0 Å². The summed E-state index contributed by atoms with van der Waals surface area (Å²) in [5.74, 6) is 0.681. The van der Waals surface area contributed by atoms with Crippen LogP contribution in [0.2, 0.25) is 0 Å². The van der Waals surface area contributed by atoms with Crippen molar-refractivity contribution in [2.24, 2.45) is 5.92 Å². The molecule has 0 aliphatic heterocycles. The predicted octanol–water partition coefficient (Wildman–Crippen LogP) is 1.90. The minimum atomic E-state index is 0.681. The molecular weight excluding hydrogens is 138 g/mol. The van der Waals surface area contributed by atoms with Crippen molar-refractivity contribution in [3.63, 3.8) is 0 Å². The number of ether oxygens (including phenoxy) is 1. The first kappa shape index (κ1) is 13.5. The molecule has 1 unspecified atom stereocenters. The van der Waals surface area contributed by atoms with Crippen molar-refractivity contribution in [2.75, 3.05) is 27.3 Å². The van der Waals surface area contributed by atoms with Gasteiger partial charge in [0.1, 0.15) is 0 Å². The molecule has 2 heteroatoms. The zero-order chi connectivity index (χ0) is 9.11. The van der Waals surface area contributed by atoms with Gasteiger partial charge in [-0.3, -0.25) is 0 Å². The molecule has 1 atom stereocenters. The molecule has 0 fully saturated rings. The van der Waals surface area contributed by atoms with Gasteiger partial charge in [-0.05, 0) is 25.9 Å². The summed E-state index contributed by atoms with van der Waals surface area (Å²) in [5.41, 5.74) is 0. The van der Waals surface area contributed by atoms with Crippen LogP contribution in [0.1, 0.15) is 27.2 Å². The Balaban J connectivity index is 0. The molecule has 0 heterocycles. The van der Waals surface area contributed by atoms with Crippen molar-refractivity contribution in [2.45, 2.75) is 27.2 Å². The maximum atomic E-state index is 5.01. The summed E-state index contributed by atoms with van der Waals surface area (Å²) in [7, 11) is 3.72. The van der Waals surface area contributed by atoms with E-state index in [-0.39, 0.29) is 0 Å². The van der Waals surface area contributed by atoms with Crippen LogP contribution in [0.5, 0.6) is 0 Å². The molecule has 0 aromatic heterocycles. The van der Waals surface area contributed by atoms with Gasteiger partial charge in [0.2, 0.25) is 0 Å². The molecule has 0 aromatic carbocycles. The lowest BCUT2D eigenvalue weighted by Gasteiger charge is -2.11. The second kappa shape index (κ2) is 12.6. The van der Waals surface area contributed by atoms with Crippen LogP contribution in [0, 0.1) is 5.92 Å². The van der Waals surface area contributed by atoms with Crippen LogP contribution >= 0.6 is 0 Å². The normalized spacial score (nSPS) is 11.7. The molecule has 0 aliphatic rings. The van der Waals surface area contributed by atoms with E-state index in [1.165, 1.54) is 6.42 Å². The smallest absolute Gasteiger partial charge is 0.0502 e. The SMILES string of the molecule is CC.CCC(CNC)COC. The molecule has 2 nitrogen and oxygen atoms in total. The van der Waals surface area contributed by atoms with E-state index in [2.05, 4.69) is 12.2 Å². The van der Waals surface area contributed by atoms with E-state index in [1.54, 1.807) is 7.11 Å². The standard InChI is InChI=1S/C7H17NO.C2H6/c1-4-7(5-8-2)6-9-3;1-2/h7-8H,4-6H2,1-3H3;1-2H3. The van der Waals surface area contributed by atoms with Crippen LogP contribution in [-0.4, -0.2) is 27.3 Å². The lowest BCUT2D eigenvalue weighted by atomic mass is 10.1. The van der Waals surface area contributed by atoms with Crippen molar-refractivity contribution in [1.82, 2.24) is 5.32 Å². The zero-order valence-electron chi connectivity index (χ0n) is 8.61. The lowest BCUT2D eigenvalue weighted by Crippen LogP contribution is -2.21. The molecule has 0 amide bonds. The number of hydrogen-bond donors (Lipinski definition) is 1. The fourth-order valence-corrected chi connectivity index (χ4v) is 0.845. The van der Waals surface area contributed by atoms with E-state index < -0.39 is 0 Å². The summed E-state index contributed by atoms with van der Waals surface area (Å²) < 4.78 is 5.01. The number of nitrogens with one attached hydrogen (secondary N) is 1. The molecule has 0 saturated carbocycles. The molecule has 0 spiro atoms. The minimum Gasteiger partial charge on any atom is -0.384 e. The highest BCUT2D eigenvalue weighted by molar-refractivity contribution is 4.56. The van der Waals surface area contributed by atoms with Gasteiger partial charge in [-0.25, -0.2) is 0 Å². The van der Waals surface area contributed by atoms with Gasteiger partial charge >= 0.3 is 0 Å². The summed E-state index contributed by atoms with van der Waals surface area (Å²) in [6.45, 7) is 8.11. The maximum absolute atomic E-state index is 5.01. The molecule has 11 heavy (non-hydrogen) atoms. The van der Waals surface area contributed by atoms with Crippen LogP contribution < -0.4 is 5.32 Å². The third kappa shape index (κ3) is 9.92. The van der Waals surface area contributed by atoms with Gasteiger partial charge in [0.05, 0.1) is 6.61 Å². The molecule has 70 valence electrons. The Morgan fingerprint density at radius 1 is 1.36 bits per heavy atom. The van der Waals surface area contributed by atoms with E-state index >= 15 is 0 Å². The summed E-state index contributed by atoms with van der Waals surface area (Å²) in [6, 6.07) is 0. The second-order valence-corrected chi connectivity index (χ2v) is 2.29. The van der Waals surface area contributed by atoms with Crippen molar-refractivity contribution >= 4 is 0 Å². The fourth-order valence-electron chi connectivity index (χ4n) is 0.845. The highest BCUT2D eigenvalue weighted by Gasteiger charge is 2.01. The van der Waals surface area contributed by atoms with E-state index in [0.717, 1.165) is 13.2 Å². The number of hydrogen-bond acceptors (Lipinski definition) is 2. The lowest BCUT2D eigenvalue weighted by molar-refractivity contribution is 0.150. The van der Waals surface area contributed by atoms with Gasteiger partial charge in [-0.2, -0.15) is 0 Å². The fraction of sp³-hybridized carbons (Fsp3) is 1.00. The third-order valence-corrected chi connectivity index (χ3v) is 1.47. The maximum Gasteiger partial charge on any atom is 0.0502 e. The monoisotopic (exact) mass is 161 g/mol. The minimum absolute atomic E-state index is 0.681. The van der Waals surface area contributed by atoms with Crippen molar-refractivity contribution in [3.8, 4) is 0 Å². The Labute approximate surface area is 71.3 Å². The molecule has 0 aromatic rings. The molecule has 0 bridgehead atoms. The van der Waals surface area contributed by atoms with Crippen LogP contribution in [0.15, 0.2) is 0 Å². The zero-order valence-corrected chi connectivity index (χ0v) is 8.61. The predicted molar refractivity (Wildman–Crippen MR) is 50.9 cm³/mol. The van der Waals surface area contributed by atoms with Gasteiger partial charge < -0.3 is 10.1 Å². The highest BCUT2D eigenvalue weighted by atomic mass is 16.5. The molecular formula is C9H23NO. The quantitative estimate of drug-likeness (QED) is 0.665.